The lowest BCUT2D eigenvalue weighted by molar-refractivity contribution is -0.123. The molecule has 4 nitrogen and oxygen atoms in total. The Labute approximate surface area is 389 Å². The van der Waals surface area contributed by atoms with E-state index in [1.807, 2.05) is 6.08 Å². The second-order valence-electron chi connectivity index (χ2n) is 19.3. The molecule has 0 bridgehead atoms. The van der Waals surface area contributed by atoms with E-state index in [1.165, 1.54) is 257 Å². The Balaban J connectivity index is 3.48. The van der Waals surface area contributed by atoms with Crippen molar-refractivity contribution in [2.24, 2.45) is 0 Å². The molecule has 0 aromatic carbocycles. The summed E-state index contributed by atoms with van der Waals surface area (Å²) in [5, 5.41) is 23.1. The van der Waals surface area contributed by atoms with Crippen molar-refractivity contribution in [2.75, 3.05) is 6.61 Å². The lowest BCUT2D eigenvalue weighted by atomic mass is 10.0. The second-order valence-corrected chi connectivity index (χ2v) is 19.3. The van der Waals surface area contributed by atoms with Gasteiger partial charge in [0.05, 0.1) is 18.8 Å². The van der Waals surface area contributed by atoms with Crippen molar-refractivity contribution in [3.05, 3.63) is 36.5 Å². The number of allylic oxidation sites excluding steroid dienone is 5. The highest BCUT2D eigenvalue weighted by molar-refractivity contribution is 5.76. The molecule has 0 radical (unpaired) electrons. The number of carbonyl (C=O) groups excluding carboxylic acids is 1. The Morgan fingerprint density at radius 3 is 0.935 bits per heavy atom. The molecule has 1 amide bonds. The monoisotopic (exact) mass is 870 g/mol. The van der Waals surface area contributed by atoms with Crippen molar-refractivity contribution < 1.29 is 15.0 Å². The van der Waals surface area contributed by atoms with Crippen molar-refractivity contribution in [2.45, 2.75) is 321 Å². The summed E-state index contributed by atoms with van der Waals surface area (Å²) in [5.74, 6) is -0.0693. The Bertz CT molecular complexity index is 943. The van der Waals surface area contributed by atoms with Gasteiger partial charge in [0.25, 0.3) is 0 Å². The summed E-state index contributed by atoms with van der Waals surface area (Å²) in [5.41, 5.74) is 0. The van der Waals surface area contributed by atoms with Gasteiger partial charge in [-0.2, -0.15) is 0 Å². The third-order valence-corrected chi connectivity index (χ3v) is 13.1. The second kappa shape index (κ2) is 53.9. The van der Waals surface area contributed by atoms with Crippen molar-refractivity contribution in [3.8, 4) is 0 Å². The maximum Gasteiger partial charge on any atom is 0.220 e. The van der Waals surface area contributed by atoms with E-state index in [0.29, 0.717) is 6.42 Å². The topological polar surface area (TPSA) is 69.6 Å². The molecule has 366 valence electrons. The van der Waals surface area contributed by atoms with Gasteiger partial charge in [-0.15, -0.1) is 0 Å². The highest BCUT2D eigenvalue weighted by atomic mass is 16.3. The normalized spacial score (nSPS) is 13.0. The van der Waals surface area contributed by atoms with Crippen LogP contribution in [0.2, 0.25) is 0 Å². The van der Waals surface area contributed by atoms with Gasteiger partial charge in [-0.1, -0.05) is 281 Å². The Kier molecular flexibility index (Phi) is 52.7. The number of hydrogen-bond acceptors (Lipinski definition) is 3. The molecule has 0 aromatic rings. The van der Waals surface area contributed by atoms with Gasteiger partial charge in [0.15, 0.2) is 0 Å². The largest absolute Gasteiger partial charge is 0.394 e. The van der Waals surface area contributed by atoms with Crippen LogP contribution in [0.1, 0.15) is 309 Å². The number of unbranched alkanes of at least 4 members (excludes halogenated alkanes) is 41. The fourth-order valence-electron chi connectivity index (χ4n) is 8.78. The molecule has 62 heavy (non-hydrogen) atoms. The van der Waals surface area contributed by atoms with Crippen LogP contribution in [0.3, 0.4) is 0 Å². The summed E-state index contributed by atoms with van der Waals surface area (Å²) < 4.78 is 0. The van der Waals surface area contributed by atoms with Crippen molar-refractivity contribution in [1.82, 2.24) is 5.32 Å². The predicted molar refractivity (Wildman–Crippen MR) is 276 cm³/mol. The van der Waals surface area contributed by atoms with Gasteiger partial charge in [-0.05, 0) is 57.8 Å². The number of rotatable bonds is 52. The molecule has 0 aromatic heterocycles. The number of carbonyl (C=O) groups is 1. The molecule has 0 saturated heterocycles. The van der Waals surface area contributed by atoms with E-state index in [1.54, 1.807) is 6.08 Å². The number of amides is 1. The average molecular weight is 871 g/mol. The van der Waals surface area contributed by atoms with Gasteiger partial charge in [0.2, 0.25) is 5.91 Å². The lowest BCUT2D eigenvalue weighted by Gasteiger charge is -2.19. The molecule has 4 heteroatoms. The Hall–Kier alpha value is -1.39. The van der Waals surface area contributed by atoms with Crippen LogP contribution in [0.5, 0.6) is 0 Å². The van der Waals surface area contributed by atoms with E-state index in [-0.39, 0.29) is 12.5 Å². The molecule has 0 aliphatic heterocycles. The zero-order valence-corrected chi connectivity index (χ0v) is 42.2. The van der Waals surface area contributed by atoms with E-state index in [4.69, 9.17) is 0 Å². The molecule has 2 unspecified atom stereocenters. The first-order valence-electron chi connectivity index (χ1n) is 28.2. The predicted octanol–water partition coefficient (Wildman–Crippen LogP) is 18.5. The number of nitrogens with one attached hydrogen (secondary N) is 1. The SMILES string of the molecule is CCCCCCCCCCCCCC/C=C\CCCCCCCCCCCCCCCCCC(=O)NC(CO)C(O)/C=C/CC/C=C/CCCCCCCCCCCCCCC. The third-order valence-electron chi connectivity index (χ3n) is 13.1. The van der Waals surface area contributed by atoms with Crippen LogP contribution in [0.15, 0.2) is 36.5 Å². The molecule has 0 aliphatic rings. The number of hydrogen-bond donors (Lipinski definition) is 3. The zero-order chi connectivity index (χ0) is 44.9. The fourth-order valence-corrected chi connectivity index (χ4v) is 8.78. The van der Waals surface area contributed by atoms with Crippen LogP contribution in [0.25, 0.3) is 0 Å². The molecule has 0 heterocycles. The minimum absolute atomic E-state index is 0.0693. The molecule has 0 fully saturated rings. The van der Waals surface area contributed by atoms with Crippen LogP contribution in [0, 0.1) is 0 Å². The van der Waals surface area contributed by atoms with Gasteiger partial charge >= 0.3 is 0 Å². The maximum atomic E-state index is 12.5. The first kappa shape index (κ1) is 60.6. The van der Waals surface area contributed by atoms with Gasteiger partial charge in [0, 0.05) is 6.42 Å². The fraction of sp³-hybridized carbons (Fsp3) is 0.879. The minimum Gasteiger partial charge on any atom is -0.394 e. The van der Waals surface area contributed by atoms with Crippen molar-refractivity contribution >= 4 is 5.91 Å². The smallest absolute Gasteiger partial charge is 0.220 e. The lowest BCUT2D eigenvalue weighted by Crippen LogP contribution is -2.45. The summed E-state index contributed by atoms with van der Waals surface area (Å²) in [6.07, 6.45) is 73.1. The molecule has 0 spiro atoms. The summed E-state index contributed by atoms with van der Waals surface area (Å²) in [6, 6.07) is -0.638. The summed E-state index contributed by atoms with van der Waals surface area (Å²) in [6.45, 7) is 4.33. The Morgan fingerprint density at radius 1 is 0.371 bits per heavy atom. The highest BCUT2D eigenvalue weighted by Crippen LogP contribution is 2.17. The molecular weight excluding hydrogens is 759 g/mol. The number of aliphatic hydroxyl groups excluding tert-OH is 2. The molecule has 0 rings (SSSR count). The molecule has 0 aliphatic carbocycles. The van der Waals surface area contributed by atoms with Crippen LogP contribution < -0.4 is 5.32 Å². The van der Waals surface area contributed by atoms with E-state index < -0.39 is 12.1 Å². The third kappa shape index (κ3) is 49.6. The zero-order valence-electron chi connectivity index (χ0n) is 42.2. The van der Waals surface area contributed by atoms with Gasteiger partial charge in [-0.25, -0.2) is 0 Å². The molecular formula is C58H111NO3. The average Bonchev–Trinajstić information content (AvgIpc) is 3.28. The van der Waals surface area contributed by atoms with Gasteiger partial charge < -0.3 is 15.5 Å². The summed E-state index contributed by atoms with van der Waals surface area (Å²) >= 11 is 0. The quantitative estimate of drug-likeness (QED) is 0.0421. The minimum atomic E-state index is -0.861. The first-order chi connectivity index (χ1) is 30.7. The highest BCUT2D eigenvalue weighted by Gasteiger charge is 2.18. The van der Waals surface area contributed by atoms with E-state index >= 15 is 0 Å². The standard InChI is InChI=1S/C58H111NO3/c1-3-5-7-9-11-13-15-17-19-21-23-24-25-26-27-28-29-30-31-32-33-34-36-38-40-42-44-46-48-50-52-54-58(62)59-56(55-60)57(61)53-51-49-47-45-43-41-39-37-35-22-20-18-16-14-12-10-8-6-4-2/h26-27,43,45,51,53,56-57,60-61H,3-25,28-42,44,46-50,52,54-55H2,1-2H3,(H,59,62)/b27-26-,45-43+,53-51+. The van der Waals surface area contributed by atoms with E-state index in [0.717, 1.165) is 32.1 Å². The van der Waals surface area contributed by atoms with Crippen LogP contribution in [-0.4, -0.2) is 34.9 Å². The first-order valence-corrected chi connectivity index (χ1v) is 28.2. The Morgan fingerprint density at radius 2 is 0.629 bits per heavy atom. The summed E-state index contributed by atoms with van der Waals surface area (Å²) in [7, 11) is 0. The van der Waals surface area contributed by atoms with Crippen molar-refractivity contribution in [1.29, 1.82) is 0 Å². The molecule has 3 N–H and O–H groups in total. The van der Waals surface area contributed by atoms with Crippen LogP contribution >= 0.6 is 0 Å². The molecule has 0 saturated carbocycles. The van der Waals surface area contributed by atoms with Crippen LogP contribution in [0.4, 0.5) is 0 Å². The summed E-state index contributed by atoms with van der Waals surface area (Å²) in [4.78, 5) is 12.5. The van der Waals surface area contributed by atoms with E-state index in [9.17, 15) is 15.0 Å². The van der Waals surface area contributed by atoms with Gasteiger partial charge in [0.1, 0.15) is 0 Å². The maximum absolute atomic E-state index is 12.5. The van der Waals surface area contributed by atoms with Crippen molar-refractivity contribution in [3.63, 3.8) is 0 Å². The van der Waals surface area contributed by atoms with E-state index in [2.05, 4.69) is 43.5 Å². The van der Waals surface area contributed by atoms with Gasteiger partial charge in [-0.3, -0.25) is 4.79 Å². The van der Waals surface area contributed by atoms with Crippen LogP contribution in [-0.2, 0) is 4.79 Å². The molecule has 2 atom stereocenters. The number of aliphatic hydroxyl groups is 2.